The highest BCUT2D eigenvalue weighted by Crippen LogP contribution is 2.38. The molecule has 7 heavy (non-hydrogen) atoms. The van der Waals surface area contributed by atoms with Crippen LogP contribution in [0.4, 0.5) is 0 Å². The largest absolute Gasteiger partial charge is 0.159 e. The first-order valence-corrected chi connectivity index (χ1v) is 3.45. The molecule has 0 nitrogen and oxygen atoms in total. The molecule has 0 atom stereocenters. The average Bonchev–Trinajstić information content (AvgIpc) is 1.23. The van der Waals surface area contributed by atoms with Crippen LogP contribution in [-0.4, -0.2) is 0 Å². The standard InChI is InChI=1S/C5H9S2/c6-5(7)4-2-1-3-4/h4,6-7H,1-3H2. The van der Waals surface area contributed by atoms with Crippen LogP contribution in [0.2, 0.25) is 0 Å². The van der Waals surface area contributed by atoms with Crippen LogP contribution in [0.1, 0.15) is 19.3 Å². The molecule has 1 aliphatic carbocycles. The number of hydrogen-bond acceptors (Lipinski definition) is 2. The molecule has 41 valence electrons. The predicted octanol–water partition coefficient (Wildman–Crippen LogP) is 2.14. The van der Waals surface area contributed by atoms with Gasteiger partial charge in [-0.1, -0.05) is 6.42 Å². The van der Waals surface area contributed by atoms with Crippen molar-refractivity contribution in [3.63, 3.8) is 0 Å². The predicted molar refractivity (Wildman–Crippen MR) is 38.6 cm³/mol. The van der Waals surface area contributed by atoms with E-state index in [1.807, 2.05) is 0 Å². The van der Waals surface area contributed by atoms with Gasteiger partial charge in [-0.3, -0.25) is 0 Å². The average molecular weight is 133 g/mol. The summed E-state index contributed by atoms with van der Waals surface area (Å²) in [7, 11) is 0. The third-order valence-corrected chi connectivity index (χ3v) is 2.20. The molecule has 0 unspecified atom stereocenters. The second-order valence-electron chi connectivity index (χ2n) is 1.99. The molecular weight excluding hydrogens is 124 g/mol. The van der Waals surface area contributed by atoms with Gasteiger partial charge in [-0.25, -0.2) is 0 Å². The zero-order valence-corrected chi connectivity index (χ0v) is 5.88. The third-order valence-electron chi connectivity index (χ3n) is 1.47. The lowest BCUT2D eigenvalue weighted by Crippen LogP contribution is -2.12. The van der Waals surface area contributed by atoms with Gasteiger partial charge in [0.05, 0.1) is 4.58 Å². The Hall–Kier alpha value is 0.700. The Morgan fingerprint density at radius 1 is 1.29 bits per heavy atom. The molecule has 0 aliphatic heterocycles. The van der Waals surface area contributed by atoms with Gasteiger partial charge in [-0.05, 0) is 18.8 Å². The van der Waals surface area contributed by atoms with Crippen molar-refractivity contribution >= 4 is 25.3 Å². The van der Waals surface area contributed by atoms with Crippen LogP contribution < -0.4 is 0 Å². The highest BCUT2D eigenvalue weighted by Gasteiger charge is 2.22. The fraction of sp³-hybridized carbons (Fsp3) is 0.800. The topological polar surface area (TPSA) is 0 Å². The molecule has 0 heterocycles. The molecule has 1 fully saturated rings. The molecule has 0 aromatic carbocycles. The van der Waals surface area contributed by atoms with E-state index in [9.17, 15) is 0 Å². The molecule has 1 rings (SSSR count). The van der Waals surface area contributed by atoms with Gasteiger partial charge in [-0.2, -0.15) is 25.3 Å². The Labute approximate surface area is 55.5 Å². The molecule has 0 aromatic heterocycles. The van der Waals surface area contributed by atoms with Crippen molar-refractivity contribution in [2.24, 2.45) is 5.92 Å². The Balaban J connectivity index is 2.14. The Morgan fingerprint density at radius 2 is 1.86 bits per heavy atom. The second kappa shape index (κ2) is 2.31. The minimum absolute atomic E-state index is 0.728. The van der Waals surface area contributed by atoms with Gasteiger partial charge < -0.3 is 0 Å². The molecule has 2 heteroatoms. The molecule has 0 amide bonds. The lowest BCUT2D eigenvalue weighted by Gasteiger charge is -2.26. The third kappa shape index (κ3) is 1.29. The molecule has 0 N–H and O–H groups in total. The number of hydrogen-bond donors (Lipinski definition) is 2. The van der Waals surface area contributed by atoms with E-state index in [0.29, 0.717) is 0 Å². The van der Waals surface area contributed by atoms with Crippen molar-refractivity contribution in [2.75, 3.05) is 0 Å². The first kappa shape index (κ1) is 5.83. The maximum atomic E-state index is 4.11. The summed E-state index contributed by atoms with van der Waals surface area (Å²) in [6, 6.07) is 0. The van der Waals surface area contributed by atoms with Gasteiger partial charge in [0.1, 0.15) is 0 Å². The summed E-state index contributed by atoms with van der Waals surface area (Å²) in [6.07, 6.45) is 3.99. The van der Waals surface area contributed by atoms with Crippen molar-refractivity contribution in [1.82, 2.24) is 0 Å². The van der Waals surface area contributed by atoms with Crippen LogP contribution >= 0.6 is 25.3 Å². The lowest BCUT2D eigenvalue weighted by molar-refractivity contribution is 0.373. The van der Waals surface area contributed by atoms with Crippen molar-refractivity contribution in [3.05, 3.63) is 4.58 Å². The van der Waals surface area contributed by atoms with Crippen molar-refractivity contribution in [2.45, 2.75) is 19.3 Å². The van der Waals surface area contributed by atoms with Crippen molar-refractivity contribution in [3.8, 4) is 0 Å². The molecule has 1 aliphatic rings. The van der Waals surface area contributed by atoms with E-state index in [2.05, 4.69) is 25.3 Å². The van der Waals surface area contributed by atoms with Crippen LogP contribution in [0.5, 0.6) is 0 Å². The highest BCUT2D eigenvalue weighted by molar-refractivity contribution is 8.03. The lowest BCUT2D eigenvalue weighted by atomic mass is 9.87. The van der Waals surface area contributed by atoms with Crippen LogP contribution in [0.15, 0.2) is 0 Å². The molecule has 1 radical (unpaired) electrons. The van der Waals surface area contributed by atoms with E-state index >= 15 is 0 Å². The van der Waals surface area contributed by atoms with Gasteiger partial charge in [0.15, 0.2) is 0 Å². The second-order valence-corrected chi connectivity index (χ2v) is 3.30. The number of thiol groups is 2. The van der Waals surface area contributed by atoms with E-state index in [4.69, 9.17) is 0 Å². The Kier molecular flexibility index (Phi) is 1.93. The molecule has 0 spiro atoms. The van der Waals surface area contributed by atoms with Gasteiger partial charge in [-0.15, -0.1) is 0 Å². The first-order chi connectivity index (χ1) is 3.30. The van der Waals surface area contributed by atoms with Crippen LogP contribution in [0.3, 0.4) is 0 Å². The maximum absolute atomic E-state index is 4.11. The Bertz CT molecular complexity index is 57.1. The van der Waals surface area contributed by atoms with E-state index < -0.39 is 0 Å². The van der Waals surface area contributed by atoms with E-state index in [-0.39, 0.29) is 0 Å². The Morgan fingerprint density at radius 3 is 1.86 bits per heavy atom. The normalized spacial score (nSPS) is 22.7. The summed E-state index contributed by atoms with van der Waals surface area (Å²) in [5, 5.41) is 0. The molecular formula is C5H9S2. The van der Waals surface area contributed by atoms with E-state index in [1.165, 1.54) is 19.3 Å². The molecule has 0 bridgehead atoms. The number of rotatable bonds is 1. The summed E-state index contributed by atoms with van der Waals surface area (Å²) in [5.41, 5.74) is 0. The molecule has 1 saturated carbocycles. The van der Waals surface area contributed by atoms with Crippen molar-refractivity contribution in [1.29, 1.82) is 0 Å². The maximum Gasteiger partial charge on any atom is 0.0815 e. The quantitative estimate of drug-likeness (QED) is 0.503. The van der Waals surface area contributed by atoms with Gasteiger partial charge in [0.25, 0.3) is 0 Å². The van der Waals surface area contributed by atoms with Crippen LogP contribution in [0, 0.1) is 10.5 Å². The van der Waals surface area contributed by atoms with E-state index in [0.717, 1.165) is 10.5 Å². The molecule has 0 saturated heterocycles. The monoisotopic (exact) mass is 133 g/mol. The van der Waals surface area contributed by atoms with Gasteiger partial charge in [0, 0.05) is 0 Å². The summed E-state index contributed by atoms with van der Waals surface area (Å²) >= 11 is 8.21. The first-order valence-electron chi connectivity index (χ1n) is 2.55. The fourth-order valence-electron chi connectivity index (χ4n) is 0.666. The minimum atomic E-state index is 0.728. The summed E-state index contributed by atoms with van der Waals surface area (Å²) < 4.78 is 1.02. The minimum Gasteiger partial charge on any atom is -0.159 e. The summed E-state index contributed by atoms with van der Waals surface area (Å²) in [5.74, 6) is 0.728. The SMILES string of the molecule is S[C](S)C1CCC1. The highest BCUT2D eigenvalue weighted by atomic mass is 32.2. The smallest absolute Gasteiger partial charge is 0.0815 e. The van der Waals surface area contributed by atoms with Crippen LogP contribution in [-0.2, 0) is 0 Å². The fourth-order valence-corrected chi connectivity index (χ4v) is 1.18. The van der Waals surface area contributed by atoms with Crippen LogP contribution in [0.25, 0.3) is 0 Å². The molecule has 0 aromatic rings. The van der Waals surface area contributed by atoms with Gasteiger partial charge >= 0.3 is 0 Å². The van der Waals surface area contributed by atoms with E-state index in [1.54, 1.807) is 0 Å². The zero-order valence-electron chi connectivity index (χ0n) is 4.09. The zero-order chi connectivity index (χ0) is 5.28. The van der Waals surface area contributed by atoms with Gasteiger partial charge in [0.2, 0.25) is 0 Å². The van der Waals surface area contributed by atoms with Crippen molar-refractivity contribution < 1.29 is 0 Å². The summed E-state index contributed by atoms with van der Waals surface area (Å²) in [4.78, 5) is 0. The summed E-state index contributed by atoms with van der Waals surface area (Å²) in [6.45, 7) is 0.